The van der Waals surface area contributed by atoms with E-state index < -0.39 is 0 Å². The molecule has 1 N–H and O–H groups in total. The molecule has 4 nitrogen and oxygen atoms in total. The van der Waals surface area contributed by atoms with Crippen molar-refractivity contribution in [3.8, 4) is 5.75 Å². The predicted molar refractivity (Wildman–Crippen MR) is 98.5 cm³/mol. The number of rotatable bonds is 5. The van der Waals surface area contributed by atoms with E-state index in [2.05, 4.69) is 19.2 Å². The number of ketones is 1. The number of anilines is 1. The highest BCUT2D eigenvalue weighted by Gasteiger charge is 2.23. The second-order valence-corrected chi connectivity index (χ2v) is 6.74. The van der Waals surface area contributed by atoms with Crippen molar-refractivity contribution in [2.75, 3.05) is 11.9 Å². The molecule has 0 aromatic heterocycles. The van der Waals surface area contributed by atoms with Crippen molar-refractivity contribution in [1.29, 1.82) is 0 Å². The first-order valence-corrected chi connectivity index (χ1v) is 8.64. The Balaban J connectivity index is 1.70. The van der Waals surface area contributed by atoms with Gasteiger partial charge in [0, 0.05) is 23.2 Å². The van der Waals surface area contributed by atoms with Gasteiger partial charge in [-0.25, -0.2) is 0 Å². The third kappa shape index (κ3) is 3.58. The molecule has 130 valence electrons. The van der Waals surface area contributed by atoms with E-state index in [1.807, 2.05) is 37.3 Å². The third-order valence-corrected chi connectivity index (χ3v) is 4.59. The van der Waals surface area contributed by atoms with E-state index in [9.17, 15) is 9.59 Å². The number of aryl methyl sites for hydroxylation is 1. The van der Waals surface area contributed by atoms with E-state index in [4.69, 9.17) is 4.74 Å². The van der Waals surface area contributed by atoms with Crippen LogP contribution in [0.25, 0.3) is 0 Å². The maximum atomic E-state index is 12.4. The molecule has 0 aliphatic heterocycles. The van der Waals surface area contributed by atoms with Crippen LogP contribution in [0.5, 0.6) is 5.75 Å². The Labute approximate surface area is 148 Å². The molecule has 0 atom stereocenters. The van der Waals surface area contributed by atoms with Crippen LogP contribution in [-0.4, -0.2) is 18.3 Å². The highest BCUT2D eigenvalue weighted by Crippen LogP contribution is 2.31. The lowest BCUT2D eigenvalue weighted by Gasteiger charge is -2.17. The Morgan fingerprint density at radius 3 is 2.68 bits per heavy atom. The molecule has 1 aliphatic rings. The standard InChI is InChI=1S/C21H23NO3/c1-13(2)15-7-4-6-14(3)21(15)22-20(24)12-25-19-9-5-8-16-17(19)10-11-18(16)23/h4-9,13H,10-12H2,1-3H3,(H,22,24). The summed E-state index contributed by atoms with van der Waals surface area (Å²) in [5.41, 5.74) is 4.64. The molecule has 2 aromatic rings. The number of hydrogen-bond donors (Lipinski definition) is 1. The first-order valence-electron chi connectivity index (χ1n) is 8.64. The Morgan fingerprint density at radius 2 is 1.92 bits per heavy atom. The number of hydrogen-bond acceptors (Lipinski definition) is 3. The van der Waals surface area contributed by atoms with Crippen molar-refractivity contribution in [2.24, 2.45) is 0 Å². The monoisotopic (exact) mass is 337 g/mol. The highest BCUT2D eigenvalue weighted by atomic mass is 16.5. The summed E-state index contributed by atoms with van der Waals surface area (Å²) in [5, 5.41) is 2.98. The number of nitrogens with one attached hydrogen (secondary N) is 1. The van der Waals surface area contributed by atoms with Gasteiger partial charge in [0.2, 0.25) is 0 Å². The van der Waals surface area contributed by atoms with Crippen LogP contribution in [0.1, 0.15) is 53.2 Å². The lowest BCUT2D eigenvalue weighted by molar-refractivity contribution is -0.118. The molecule has 0 fully saturated rings. The molecule has 4 heteroatoms. The lowest BCUT2D eigenvalue weighted by Crippen LogP contribution is -2.22. The van der Waals surface area contributed by atoms with E-state index in [0.29, 0.717) is 24.5 Å². The number of benzene rings is 2. The molecule has 0 unspecified atom stereocenters. The van der Waals surface area contributed by atoms with Gasteiger partial charge >= 0.3 is 0 Å². The maximum absolute atomic E-state index is 12.4. The zero-order chi connectivity index (χ0) is 18.0. The minimum absolute atomic E-state index is 0.0729. The predicted octanol–water partition coefficient (Wildman–Crippen LogP) is 4.26. The molecule has 0 bridgehead atoms. The van der Waals surface area contributed by atoms with Crippen LogP contribution in [0.15, 0.2) is 36.4 Å². The van der Waals surface area contributed by atoms with Gasteiger partial charge < -0.3 is 10.1 Å². The SMILES string of the molecule is Cc1cccc(C(C)C)c1NC(=O)COc1cccc2c1CCC2=O. The number of amides is 1. The second-order valence-electron chi connectivity index (χ2n) is 6.74. The summed E-state index contributed by atoms with van der Waals surface area (Å²) in [4.78, 5) is 24.2. The Hall–Kier alpha value is -2.62. The Bertz CT molecular complexity index is 824. The van der Waals surface area contributed by atoms with Crippen molar-refractivity contribution in [1.82, 2.24) is 0 Å². The fourth-order valence-electron chi connectivity index (χ4n) is 3.25. The minimum atomic E-state index is -0.196. The Kier molecular flexibility index (Phi) is 4.88. The van der Waals surface area contributed by atoms with Crippen LogP contribution < -0.4 is 10.1 Å². The van der Waals surface area contributed by atoms with Crippen molar-refractivity contribution in [3.05, 3.63) is 58.7 Å². The largest absolute Gasteiger partial charge is 0.483 e. The average Bonchev–Trinajstić information content (AvgIpc) is 2.96. The van der Waals surface area contributed by atoms with E-state index in [-0.39, 0.29) is 18.3 Å². The molecule has 2 aromatic carbocycles. The van der Waals surface area contributed by atoms with Crippen molar-refractivity contribution < 1.29 is 14.3 Å². The highest BCUT2D eigenvalue weighted by molar-refractivity contribution is 6.01. The molecular formula is C21H23NO3. The molecule has 3 rings (SSSR count). The molecule has 0 radical (unpaired) electrons. The van der Waals surface area contributed by atoms with Gasteiger partial charge in [0.25, 0.3) is 5.91 Å². The summed E-state index contributed by atoms with van der Waals surface area (Å²) in [5.74, 6) is 0.899. The third-order valence-electron chi connectivity index (χ3n) is 4.59. The van der Waals surface area contributed by atoms with E-state index in [1.54, 1.807) is 6.07 Å². The number of fused-ring (bicyclic) bond motifs is 1. The summed E-state index contributed by atoms with van der Waals surface area (Å²) in [7, 11) is 0. The van der Waals surface area contributed by atoms with Gasteiger partial charge in [-0.05, 0) is 36.5 Å². The van der Waals surface area contributed by atoms with Gasteiger partial charge in [0.15, 0.2) is 12.4 Å². The number of Topliss-reactive ketones (excluding diaryl/α,β-unsaturated/α-hetero) is 1. The van der Waals surface area contributed by atoms with Crippen LogP contribution >= 0.6 is 0 Å². The molecule has 0 saturated heterocycles. The molecular weight excluding hydrogens is 314 g/mol. The molecule has 1 amide bonds. The first-order chi connectivity index (χ1) is 12.0. The number of carbonyl (C=O) groups excluding carboxylic acids is 2. The van der Waals surface area contributed by atoms with Gasteiger partial charge in [-0.15, -0.1) is 0 Å². The molecule has 25 heavy (non-hydrogen) atoms. The molecule has 0 spiro atoms. The van der Waals surface area contributed by atoms with Crippen LogP contribution in [0.2, 0.25) is 0 Å². The lowest BCUT2D eigenvalue weighted by atomic mass is 9.98. The van der Waals surface area contributed by atoms with Gasteiger partial charge in [-0.2, -0.15) is 0 Å². The fourth-order valence-corrected chi connectivity index (χ4v) is 3.25. The summed E-state index contributed by atoms with van der Waals surface area (Å²) >= 11 is 0. The molecule has 0 saturated carbocycles. The summed E-state index contributed by atoms with van der Waals surface area (Å²) in [6.07, 6.45) is 1.20. The molecule has 1 aliphatic carbocycles. The zero-order valence-corrected chi connectivity index (χ0v) is 14.9. The van der Waals surface area contributed by atoms with E-state index in [1.165, 1.54) is 0 Å². The zero-order valence-electron chi connectivity index (χ0n) is 14.9. The first kappa shape index (κ1) is 17.2. The van der Waals surface area contributed by atoms with Gasteiger partial charge in [-0.1, -0.05) is 44.2 Å². The topological polar surface area (TPSA) is 55.4 Å². The second kappa shape index (κ2) is 7.09. The summed E-state index contributed by atoms with van der Waals surface area (Å²) in [6, 6.07) is 11.5. The van der Waals surface area contributed by atoms with Crippen LogP contribution in [0, 0.1) is 6.92 Å². The average molecular weight is 337 g/mol. The van der Waals surface area contributed by atoms with Crippen molar-refractivity contribution in [3.63, 3.8) is 0 Å². The molecule has 0 heterocycles. The minimum Gasteiger partial charge on any atom is -0.483 e. The van der Waals surface area contributed by atoms with Crippen molar-refractivity contribution >= 4 is 17.4 Å². The van der Waals surface area contributed by atoms with Gasteiger partial charge in [0.05, 0.1) is 0 Å². The quantitative estimate of drug-likeness (QED) is 0.887. The van der Waals surface area contributed by atoms with Crippen LogP contribution in [-0.2, 0) is 11.2 Å². The van der Waals surface area contributed by atoms with E-state index in [0.717, 1.165) is 27.9 Å². The summed E-state index contributed by atoms with van der Waals surface area (Å²) < 4.78 is 5.71. The summed E-state index contributed by atoms with van der Waals surface area (Å²) in [6.45, 7) is 6.12. The number of para-hydroxylation sites is 1. The Morgan fingerprint density at radius 1 is 1.16 bits per heavy atom. The normalized spacial score (nSPS) is 13.0. The van der Waals surface area contributed by atoms with Gasteiger partial charge in [-0.3, -0.25) is 9.59 Å². The smallest absolute Gasteiger partial charge is 0.262 e. The van der Waals surface area contributed by atoms with Crippen molar-refractivity contribution in [2.45, 2.75) is 39.5 Å². The maximum Gasteiger partial charge on any atom is 0.262 e. The van der Waals surface area contributed by atoms with E-state index >= 15 is 0 Å². The number of carbonyl (C=O) groups is 2. The number of ether oxygens (including phenoxy) is 1. The van der Waals surface area contributed by atoms with Crippen LogP contribution in [0.4, 0.5) is 5.69 Å². The van der Waals surface area contributed by atoms with Gasteiger partial charge in [0.1, 0.15) is 5.75 Å². The fraction of sp³-hybridized carbons (Fsp3) is 0.333. The van der Waals surface area contributed by atoms with Crippen LogP contribution in [0.3, 0.4) is 0 Å².